The van der Waals surface area contributed by atoms with Gasteiger partial charge in [0.05, 0.1) is 19.7 Å². The number of unbranched alkanes of at least 4 members (excludes halogenated alkanes) is 1. The largest absolute Gasteiger partial charge is 0.497 e. The molecule has 0 spiro atoms. The second kappa shape index (κ2) is 10.9. The molecule has 1 atom stereocenters. The molecule has 1 aromatic carbocycles. The van der Waals surface area contributed by atoms with Gasteiger partial charge in [-0.05, 0) is 45.1 Å². The number of hydrogen-bond donors (Lipinski definition) is 2. The number of rotatable bonds is 9. The molecular weight excluding hydrogens is 288 g/mol. The van der Waals surface area contributed by atoms with Crippen LogP contribution in [0.2, 0.25) is 0 Å². The SMILES string of the molecule is CCCCNC(=NCC(c1ccc(OC)cc1)N(C)C)NCC. The van der Waals surface area contributed by atoms with Crippen molar-refractivity contribution in [2.45, 2.75) is 32.7 Å². The Morgan fingerprint density at radius 1 is 1.17 bits per heavy atom. The van der Waals surface area contributed by atoms with Crippen molar-refractivity contribution in [3.63, 3.8) is 0 Å². The van der Waals surface area contributed by atoms with Crippen LogP contribution in [0.15, 0.2) is 29.3 Å². The summed E-state index contributed by atoms with van der Waals surface area (Å²) in [4.78, 5) is 6.94. The maximum absolute atomic E-state index is 5.23. The van der Waals surface area contributed by atoms with Crippen molar-refractivity contribution >= 4 is 5.96 Å². The Morgan fingerprint density at radius 2 is 1.87 bits per heavy atom. The van der Waals surface area contributed by atoms with Gasteiger partial charge in [0, 0.05) is 13.1 Å². The van der Waals surface area contributed by atoms with E-state index in [1.165, 1.54) is 12.0 Å². The molecule has 0 aromatic heterocycles. The number of aliphatic imine (C=N–C) groups is 1. The molecule has 0 saturated carbocycles. The lowest BCUT2D eigenvalue weighted by atomic mass is 10.1. The second-order valence-corrected chi connectivity index (χ2v) is 5.75. The third kappa shape index (κ3) is 6.91. The average molecular weight is 320 g/mol. The maximum Gasteiger partial charge on any atom is 0.191 e. The van der Waals surface area contributed by atoms with E-state index in [4.69, 9.17) is 9.73 Å². The van der Waals surface area contributed by atoms with Gasteiger partial charge in [-0.3, -0.25) is 4.99 Å². The first kappa shape index (κ1) is 19.3. The Bertz CT molecular complexity index is 457. The van der Waals surface area contributed by atoms with Crippen LogP contribution in [-0.2, 0) is 0 Å². The Kier molecular flexibility index (Phi) is 9.14. The molecule has 1 aromatic rings. The zero-order chi connectivity index (χ0) is 17.1. The molecule has 1 rings (SSSR count). The molecule has 0 aliphatic carbocycles. The van der Waals surface area contributed by atoms with E-state index in [2.05, 4.69) is 55.6 Å². The highest BCUT2D eigenvalue weighted by Crippen LogP contribution is 2.21. The van der Waals surface area contributed by atoms with Crippen LogP contribution in [0.1, 0.15) is 38.3 Å². The van der Waals surface area contributed by atoms with E-state index in [9.17, 15) is 0 Å². The number of nitrogens with one attached hydrogen (secondary N) is 2. The Balaban J connectivity index is 2.77. The van der Waals surface area contributed by atoms with Crippen LogP contribution < -0.4 is 15.4 Å². The molecule has 130 valence electrons. The van der Waals surface area contributed by atoms with Crippen LogP contribution in [0, 0.1) is 0 Å². The lowest BCUT2D eigenvalue weighted by Gasteiger charge is -2.24. The lowest BCUT2D eigenvalue weighted by Crippen LogP contribution is -2.38. The van der Waals surface area contributed by atoms with Crippen molar-refractivity contribution in [2.24, 2.45) is 4.99 Å². The standard InChI is InChI=1S/C18H32N4O/c1-6-8-13-20-18(19-7-2)21-14-17(22(3)4)15-9-11-16(23-5)12-10-15/h9-12,17H,6-8,13-14H2,1-5H3,(H2,19,20,21). The molecule has 23 heavy (non-hydrogen) atoms. The molecule has 0 saturated heterocycles. The summed E-state index contributed by atoms with van der Waals surface area (Å²) in [6.45, 7) is 6.81. The Morgan fingerprint density at radius 3 is 2.39 bits per heavy atom. The molecule has 0 aliphatic heterocycles. The maximum atomic E-state index is 5.23. The summed E-state index contributed by atoms with van der Waals surface area (Å²) < 4.78 is 5.23. The summed E-state index contributed by atoms with van der Waals surface area (Å²) in [7, 11) is 5.86. The molecular formula is C18H32N4O. The van der Waals surface area contributed by atoms with Gasteiger partial charge in [-0.2, -0.15) is 0 Å². The van der Waals surface area contributed by atoms with E-state index < -0.39 is 0 Å². The third-order valence-corrected chi connectivity index (χ3v) is 3.71. The van der Waals surface area contributed by atoms with Crippen molar-refractivity contribution in [2.75, 3.05) is 40.8 Å². The minimum Gasteiger partial charge on any atom is -0.497 e. The topological polar surface area (TPSA) is 48.9 Å². The van der Waals surface area contributed by atoms with E-state index >= 15 is 0 Å². The number of likely N-dealkylation sites (N-methyl/N-ethyl adjacent to an activating group) is 1. The lowest BCUT2D eigenvalue weighted by molar-refractivity contribution is 0.306. The van der Waals surface area contributed by atoms with Gasteiger partial charge in [-0.25, -0.2) is 0 Å². The summed E-state index contributed by atoms with van der Waals surface area (Å²) in [5.41, 5.74) is 1.24. The highest BCUT2D eigenvalue weighted by atomic mass is 16.5. The van der Waals surface area contributed by atoms with E-state index in [0.29, 0.717) is 6.54 Å². The van der Waals surface area contributed by atoms with Crippen molar-refractivity contribution in [3.05, 3.63) is 29.8 Å². The van der Waals surface area contributed by atoms with Crippen molar-refractivity contribution in [3.8, 4) is 5.75 Å². The average Bonchev–Trinajstić information content (AvgIpc) is 2.55. The fourth-order valence-corrected chi connectivity index (χ4v) is 2.30. The van der Waals surface area contributed by atoms with Gasteiger partial charge in [-0.15, -0.1) is 0 Å². The van der Waals surface area contributed by atoms with Gasteiger partial charge in [0.2, 0.25) is 0 Å². The van der Waals surface area contributed by atoms with E-state index in [0.717, 1.165) is 31.2 Å². The fourth-order valence-electron chi connectivity index (χ4n) is 2.30. The molecule has 5 heteroatoms. The smallest absolute Gasteiger partial charge is 0.191 e. The zero-order valence-corrected chi connectivity index (χ0v) is 15.2. The van der Waals surface area contributed by atoms with Gasteiger partial charge < -0.3 is 20.3 Å². The summed E-state index contributed by atoms with van der Waals surface area (Å²) in [6, 6.07) is 8.45. The molecule has 2 N–H and O–H groups in total. The first-order valence-electron chi connectivity index (χ1n) is 8.44. The van der Waals surface area contributed by atoms with Crippen molar-refractivity contribution in [1.82, 2.24) is 15.5 Å². The van der Waals surface area contributed by atoms with Gasteiger partial charge in [0.1, 0.15) is 5.75 Å². The number of benzene rings is 1. The Hall–Kier alpha value is -1.75. The molecule has 0 fully saturated rings. The van der Waals surface area contributed by atoms with Gasteiger partial charge in [0.25, 0.3) is 0 Å². The summed E-state index contributed by atoms with van der Waals surface area (Å²) in [6.07, 6.45) is 2.33. The number of ether oxygens (including phenoxy) is 1. The van der Waals surface area contributed by atoms with Crippen molar-refractivity contribution in [1.29, 1.82) is 0 Å². The highest BCUT2D eigenvalue weighted by Gasteiger charge is 2.14. The summed E-state index contributed by atoms with van der Waals surface area (Å²) in [5.74, 6) is 1.77. The molecule has 5 nitrogen and oxygen atoms in total. The predicted molar refractivity (Wildman–Crippen MR) is 98.3 cm³/mol. The zero-order valence-electron chi connectivity index (χ0n) is 15.2. The molecule has 0 amide bonds. The minimum atomic E-state index is 0.238. The molecule has 0 heterocycles. The fraction of sp³-hybridized carbons (Fsp3) is 0.611. The minimum absolute atomic E-state index is 0.238. The normalized spacial score (nSPS) is 13.0. The molecule has 1 unspecified atom stereocenters. The van der Waals surface area contributed by atoms with E-state index in [1.807, 2.05) is 12.1 Å². The molecule has 0 bridgehead atoms. The number of hydrogen-bond acceptors (Lipinski definition) is 3. The van der Waals surface area contributed by atoms with Crippen molar-refractivity contribution < 1.29 is 4.74 Å². The van der Waals surface area contributed by atoms with Crippen LogP contribution in [-0.4, -0.2) is 51.7 Å². The second-order valence-electron chi connectivity index (χ2n) is 5.75. The summed E-state index contributed by atoms with van der Waals surface area (Å²) >= 11 is 0. The van der Waals surface area contributed by atoms with Crippen LogP contribution in [0.3, 0.4) is 0 Å². The quantitative estimate of drug-likeness (QED) is 0.417. The van der Waals surface area contributed by atoms with E-state index in [-0.39, 0.29) is 6.04 Å². The monoisotopic (exact) mass is 320 g/mol. The first-order valence-corrected chi connectivity index (χ1v) is 8.44. The predicted octanol–water partition coefficient (Wildman–Crippen LogP) is 2.65. The van der Waals surface area contributed by atoms with Gasteiger partial charge in [-0.1, -0.05) is 25.5 Å². The van der Waals surface area contributed by atoms with Crippen LogP contribution in [0.5, 0.6) is 5.75 Å². The number of nitrogens with zero attached hydrogens (tertiary/aromatic N) is 2. The summed E-state index contributed by atoms with van der Waals surface area (Å²) in [5, 5.41) is 6.69. The highest BCUT2D eigenvalue weighted by molar-refractivity contribution is 5.79. The molecule has 0 radical (unpaired) electrons. The molecule has 0 aliphatic rings. The van der Waals surface area contributed by atoms with Gasteiger partial charge in [0.15, 0.2) is 5.96 Å². The number of guanidine groups is 1. The van der Waals surface area contributed by atoms with E-state index in [1.54, 1.807) is 7.11 Å². The third-order valence-electron chi connectivity index (χ3n) is 3.71. The van der Waals surface area contributed by atoms with Crippen LogP contribution in [0.25, 0.3) is 0 Å². The van der Waals surface area contributed by atoms with Crippen LogP contribution >= 0.6 is 0 Å². The van der Waals surface area contributed by atoms with Crippen LogP contribution in [0.4, 0.5) is 0 Å². The van der Waals surface area contributed by atoms with Gasteiger partial charge >= 0.3 is 0 Å². The first-order chi connectivity index (χ1) is 11.1. The number of methoxy groups -OCH3 is 1. The Labute approximate surface area is 141 Å².